The van der Waals surface area contributed by atoms with Crippen molar-refractivity contribution in [3.8, 4) is 0 Å². The van der Waals surface area contributed by atoms with Crippen LogP contribution in [0.2, 0.25) is 0 Å². The quantitative estimate of drug-likeness (QED) is 0.654. The minimum atomic E-state index is -0.507. The number of primary amides is 1. The van der Waals surface area contributed by atoms with Crippen molar-refractivity contribution in [1.82, 2.24) is 15.1 Å². The Balaban J connectivity index is 0.000000184. The molecule has 2 heterocycles. The number of benzene rings is 1. The van der Waals surface area contributed by atoms with Gasteiger partial charge in [-0.1, -0.05) is 82.4 Å². The third-order valence-corrected chi connectivity index (χ3v) is 6.69. The first-order valence-corrected chi connectivity index (χ1v) is 12.2. The summed E-state index contributed by atoms with van der Waals surface area (Å²) in [6.07, 6.45) is 20.7. The van der Waals surface area contributed by atoms with Gasteiger partial charge >= 0.3 is 0 Å². The summed E-state index contributed by atoms with van der Waals surface area (Å²) < 4.78 is 0. The summed E-state index contributed by atoms with van der Waals surface area (Å²) in [6.45, 7) is 2.79. The molecule has 0 atom stereocenters. The Hall–Kier alpha value is -1.88. The molecule has 2 fully saturated rings. The average molecular weight is 413 g/mol. The number of para-hydroxylation sites is 1. The number of nitrogens with two attached hydrogens (primary N) is 1. The lowest BCUT2D eigenvalue weighted by Gasteiger charge is -2.31. The zero-order chi connectivity index (χ0) is 21.0. The van der Waals surface area contributed by atoms with Crippen LogP contribution in [0, 0.1) is 0 Å². The highest BCUT2D eigenvalue weighted by Crippen LogP contribution is 2.23. The van der Waals surface area contributed by atoms with Gasteiger partial charge in [0.25, 0.3) is 5.91 Å². The topological polar surface area (TPSA) is 75.0 Å². The van der Waals surface area contributed by atoms with E-state index in [1.807, 2.05) is 18.2 Å². The molecule has 1 aliphatic heterocycles. The van der Waals surface area contributed by atoms with E-state index in [4.69, 9.17) is 5.73 Å². The number of rotatable bonds is 2. The van der Waals surface area contributed by atoms with E-state index in [-0.39, 0.29) is 0 Å². The molecule has 0 spiro atoms. The minimum Gasteiger partial charge on any atom is -0.364 e. The fourth-order valence-corrected chi connectivity index (χ4v) is 4.94. The van der Waals surface area contributed by atoms with Crippen molar-refractivity contribution >= 4 is 16.8 Å². The number of nitrogens with one attached hydrogen (secondary N) is 1. The van der Waals surface area contributed by atoms with Crippen LogP contribution in [0.5, 0.6) is 0 Å². The maximum absolute atomic E-state index is 10.8. The first-order valence-electron chi connectivity index (χ1n) is 12.2. The van der Waals surface area contributed by atoms with Gasteiger partial charge in [-0.3, -0.25) is 9.89 Å². The Bertz CT molecular complexity index is 714. The predicted molar refractivity (Wildman–Crippen MR) is 125 cm³/mol. The smallest absolute Gasteiger partial charge is 0.269 e. The van der Waals surface area contributed by atoms with E-state index in [2.05, 4.69) is 15.1 Å². The van der Waals surface area contributed by atoms with E-state index in [1.165, 1.54) is 103 Å². The standard InChI is InChI=1S/C17H33N.C8H7N3O/c1-2-6-10-14-17(13-9-5-1)18-15-11-7-3-4-8-12-16-18;9-8(12)7-5-3-1-2-4-6(5)10-11-7/h17H,1-16H2;1-4H,(H2,9,12)(H,10,11). The summed E-state index contributed by atoms with van der Waals surface area (Å²) in [5.74, 6) is -0.507. The minimum absolute atomic E-state index is 0.297. The highest BCUT2D eigenvalue weighted by molar-refractivity contribution is 6.03. The van der Waals surface area contributed by atoms with Crippen molar-refractivity contribution in [3.05, 3.63) is 30.0 Å². The molecule has 0 unspecified atom stereocenters. The van der Waals surface area contributed by atoms with Crippen molar-refractivity contribution in [2.45, 2.75) is 95.9 Å². The van der Waals surface area contributed by atoms with Gasteiger partial charge in [-0.15, -0.1) is 0 Å². The van der Waals surface area contributed by atoms with Crippen LogP contribution < -0.4 is 5.73 Å². The third-order valence-electron chi connectivity index (χ3n) is 6.69. The molecule has 1 aliphatic carbocycles. The summed E-state index contributed by atoms with van der Waals surface area (Å²) in [7, 11) is 0. The molecule has 2 aromatic rings. The first kappa shape index (κ1) is 22.8. The molecule has 0 bridgehead atoms. The zero-order valence-electron chi connectivity index (χ0n) is 18.6. The number of aromatic nitrogens is 2. The van der Waals surface area contributed by atoms with Crippen molar-refractivity contribution in [2.24, 2.45) is 5.73 Å². The molecule has 3 N–H and O–H groups in total. The van der Waals surface area contributed by atoms with Crippen LogP contribution in [0.15, 0.2) is 24.3 Å². The summed E-state index contributed by atoms with van der Waals surface area (Å²) >= 11 is 0. The fourth-order valence-electron chi connectivity index (χ4n) is 4.94. The zero-order valence-corrected chi connectivity index (χ0v) is 18.6. The molecule has 5 nitrogen and oxygen atoms in total. The molecule has 1 saturated carbocycles. The highest BCUT2D eigenvalue weighted by Gasteiger charge is 2.18. The van der Waals surface area contributed by atoms with E-state index in [0.717, 1.165) is 16.9 Å². The Labute approximate surface area is 181 Å². The second kappa shape index (κ2) is 12.7. The summed E-state index contributed by atoms with van der Waals surface area (Å²) in [4.78, 5) is 13.7. The average Bonchev–Trinajstić information content (AvgIpc) is 3.27. The second-order valence-corrected chi connectivity index (χ2v) is 8.99. The van der Waals surface area contributed by atoms with Crippen molar-refractivity contribution in [2.75, 3.05) is 13.1 Å². The largest absolute Gasteiger partial charge is 0.364 e. The van der Waals surface area contributed by atoms with Gasteiger partial charge in [0.1, 0.15) is 0 Å². The Morgan fingerprint density at radius 1 is 0.833 bits per heavy atom. The number of nitrogens with zero attached hydrogens (tertiary/aromatic N) is 2. The number of hydrogen-bond acceptors (Lipinski definition) is 3. The SMILES string of the molecule is C1CCCCC(N2CCCCCCCC2)CCC1.NC(=O)c1n[nH]c2ccccc12. The Morgan fingerprint density at radius 2 is 1.37 bits per heavy atom. The predicted octanol–water partition coefficient (Wildman–Crippen LogP) is 5.81. The number of amides is 1. The number of carbonyl (C=O) groups excluding carboxylic acids is 1. The molecule has 5 heteroatoms. The third kappa shape index (κ3) is 7.12. The van der Waals surface area contributed by atoms with E-state index < -0.39 is 5.91 Å². The van der Waals surface area contributed by atoms with Gasteiger partial charge in [0.15, 0.2) is 5.69 Å². The molecular weight excluding hydrogens is 372 g/mol. The lowest BCUT2D eigenvalue weighted by molar-refractivity contribution is 0.0997. The number of aromatic amines is 1. The molecular formula is C25H40N4O. The van der Waals surface area contributed by atoms with Crippen molar-refractivity contribution < 1.29 is 4.79 Å². The van der Waals surface area contributed by atoms with Crippen LogP contribution in [0.25, 0.3) is 10.9 Å². The molecule has 1 amide bonds. The Morgan fingerprint density at radius 3 is 1.97 bits per heavy atom. The molecule has 1 saturated heterocycles. The molecule has 1 aromatic carbocycles. The van der Waals surface area contributed by atoms with Crippen LogP contribution in [-0.2, 0) is 0 Å². The Kier molecular flexibility index (Phi) is 9.68. The van der Waals surface area contributed by atoms with Gasteiger partial charge in [0, 0.05) is 11.4 Å². The molecule has 166 valence electrons. The van der Waals surface area contributed by atoms with Gasteiger partial charge in [-0.2, -0.15) is 5.10 Å². The van der Waals surface area contributed by atoms with Gasteiger partial charge in [-0.25, -0.2) is 0 Å². The van der Waals surface area contributed by atoms with Crippen molar-refractivity contribution in [3.63, 3.8) is 0 Å². The maximum atomic E-state index is 10.8. The van der Waals surface area contributed by atoms with Crippen LogP contribution in [0.4, 0.5) is 0 Å². The maximum Gasteiger partial charge on any atom is 0.269 e. The van der Waals surface area contributed by atoms with E-state index >= 15 is 0 Å². The summed E-state index contributed by atoms with van der Waals surface area (Å²) in [6, 6.07) is 8.28. The normalized spacial score (nSPS) is 20.5. The summed E-state index contributed by atoms with van der Waals surface area (Å²) in [5, 5.41) is 7.28. The van der Waals surface area contributed by atoms with Gasteiger partial charge in [-0.05, 0) is 44.8 Å². The lowest BCUT2D eigenvalue weighted by Crippen LogP contribution is -2.36. The molecule has 30 heavy (non-hydrogen) atoms. The fraction of sp³-hybridized carbons (Fsp3) is 0.680. The summed E-state index contributed by atoms with van der Waals surface area (Å²) in [5.41, 5.74) is 6.22. The first-order chi connectivity index (χ1) is 14.8. The van der Waals surface area contributed by atoms with Gasteiger partial charge in [0.2, 0.25) is 0 Å². The van der Waals surface area contributed by atoms with Crippen LogP contribution in [-0.4, -0.2) is 40.1 Å². The number of carbonyl (C=O) groups is 1. The van der Waals surface area contributed by atoms with Gasteiger partial charge in [0.05, 0.1) is 5.52 Å². The van der Waals surface area contributed by atoms with Gasteiger partial charge < -0.3 is 10.6 Å². The van der Waals surface area contributed by atoms with E-state index in [9.17, 15) is 4.79 Å². The molecule has 1 aromatic heterocycles. The van der Waals surface area contributed by atoms with Crippen LogP contribution >= 0.6 is 0 Å². The molecule has 0 radical (unpaired) electrons. The van der Waals surface area contributed by atoms with Crippen LogP contribution in [0.3, 0.4) is 0 Å². The monoisotopic (exact) mass is 412 g/mol. The molecule has 2 aliphatic rings. The second-order valence-electron chi connectivity index (χ2n) is 8.99. The van der Waals surface area contributed by atoms with E-state index in [0.29, 0.717) is 5.69 Å². The molecule has 4 rings (SSSR count). The van der Waals surface area contributed by atoms with Crippen LogP contribution in [0.1, 0.15) is 100 Å². The van der Waals surface area contributed by atoms with Crippen molar-refractivity contribution in [1.29, 1.82) is 0 Å². The van der Waals surface area contributed by atoms with E-state index in [1.54, 1.807) is 6.07 Å². The number of H-pyrrole nitrogens is 1. The number of fused-ring (bicyclic) bond motifs is 1. The lowest BCUT2D eigenvalue weighted by atomic mass is 10.0. The highest BCUT2D eigenvalue weighted by atomic mass is 16.1. The number of hydrogen-bond donors (Lipinski definition) is 2.